The lowest BCUT2D eigenvalue weighted by Gasteiger charge is -2.11. The van der Waals surface area contributed by atoms with Gasteiger partial charge in [0.2, 0.25) is 0 Å². The Hall–Kier alpha value is -0.340. The Labute approximate surface area is 95.0 Å². The van der Waals surface area contributed by atoms with Crippen LogP contribution in [0.5, 0.6) is 0 Å². The second-order valence-electron chi connectivity index (χ2n) is 3.68. The lowest BCUT2D eigenvalue weighted by atomic mass is 9.97. The van der Waals surface area contributed by atoms with E-state index in [1.807, 2.05) is 0 Å². The van der Waals surface area contributed by atoms with E-state index in [1.165, 1.54) is 22.3 Å². The van der Waals surface area contributed by atoms with Crippen molar-refractivity contribution in [2.45, 2.75) is 27.2 Å². The molecule has 0 unspecified atom stereocenters. The Balaban J connectivity index is 2.73. The highest BCUT2D eigenvalue weighted by Gasteiger charge is 2.02. The second-order valence-corrected chi connectivity index (χ2v) is 4.24. The molecule has 0 aliphatic carbocycles. The molecule has 0 radical (unpaired) electrons. The molecule has 1 rings (SSSR count). The fourth-order valence-electron chi connectivity index (χ4n) is 1.57. The van der Waals surface area contributed by atoms with Gasteiger partial charge < -0.3 is 5.32 Å². The maximum atomic E-state index is 3.36. The first-order valence-corrected chi connectivity index (χ1v) is 6.11. The van der Waals surface area contributed by atoms with Crippen LogP contribution in [0.2, 0.25) is 0 Å². The van der Waals surface area contributed by atoms with Crippen LogP contribution in [0.1, 0.15) is 22.3 Å². The zero-order chi connectivity index (χ0) is 10.6. The third kappa shape index (κ3) is 2.82. The van der Waals surface area contributed by atoms with Gasteiger partial charge in [0.15, 0.2) is 0 Å². The Morgan fingerprint density at radius 1 is 1.14 bits per heavy atom. The highest BCUT2D eigenvalue weighted by molar-refractivity contribution is 9.09. The second kappa shape index (κ2) is 5.52. The number of rotatable bonds is 4. The van der Waals surface area contributed by atoms with Gasteiger partial charge >= 0.3 is 0 Å². The maximum Gasteiger partial charge on any atom is 0.0517 e. The Morgan fingerprint density at radius 2 is 1.86 bits per heavy atom. The van der Waals surface area contributed by atoms with E-state index in [0.29, 0.717) is 0 Å². The summed E-state index contributed by atoms with van der Waals surface area (Å²) in [6.07, 6.45) is 1.11. The van der Waals surface area contributed by atoms with Crippen molar-refractivity contribution < 1.29 is 0 Å². The SMILES string of the molecule is Cc1ccc(CCNCBr)c(C)c1C. The van der Waals surface area contributed by atoms with Crippen LogP contribution in [-0.2, 0) is 6.42 Å². The van der Waals surface area contributed by atoms with E-state index in [1.54, 1.807) is 0 Å². The molecular weight excluding hydrogens is 238 g/mol. The van der Waals surface area contributed by atoms with Crippen LogP contribution in [0.15, 0.2) is 12.1 Å². The molecule has 0 fully saturated rings. The molecule has 14 heavy (non-hydrogen) atoms. The number of nitrogens with one attached hydrogen (secondary N) is 1. The molecule has 0 amide bonds. The highest BCUT2D eigenvalue weighted by Crippen LogP contribution is 2.17. The van der Waals surface area contributed by atoms with E-state index in [0.717, 1.165) is 18.4 Å². The molecule has 1 aromatic carbocycles. The zero-order valence-electron chi connectivity index (χ0n) is 9.15. The summed E-state index contributed by atoms with van der Waals surface area (Å²) in [5, 5.41) is 3.27. The molecule has 0 saturated carbocycles. The van der Waals surface area contributed by atoms with Crippen LogP contribution in [0.3, 0.4) is 0 Å². The lowest BCUT2D eigenvalue weighted by Crippen LogP contribution is -2.15. The van der Waals surface area contributed by atoms with Gasteiger partial charge in [0.1, 0.15) is 0 Å². The minimum absolute atomic E-state index is 0.872. The topological polar surface area (TPSA) is 12.0 Å². The summed E-state index contributed by atoms with van der Waals surface area (Å²) in [7, 11) is 0. The first-order chi connectivity index (χ1) is 6.66. The number of hydrogen-bond donors (Lipinski definition) is 1. The molecule has 1 aromatic rings. The number of halogens is 1. The average molecular weight is 256 g/mol. The van der Waals surface area contributed by atoms with Crippen LogP contribution >= 0.6 is 15.9 Å². The van der Waals surface area contributed by atoms with Crippen LogP contribution in [0.4, 0.5) is 0 Å². The van der Waals surface area contributed by atoms with Gasteiger partial charge in [-0.1, -0.05) is 28.1 Å². The van der Waals surface area contributed by atoms with Gasteiger partial charge in [-0.2, -0.15) is 0 Å². The van der Waals surface area contributed by atoms with Crippen molar-refractivity contribution >= 4 is 15.9 Å². The van der Waals surface area contributed by atoms with Crippen molar-refractivity contribution in [3.63, 3.8) is 0 Å². The molecule has 0 atom stereocenters. The summed E-state index contributed by atoms with van der Waals surface area (Å²) < 4.78 is 0. The summed E-state index contributed by atoms with van der Waals surface area (Å²) in [4.78, 5) is 0. The fourth-order valence-corrected chi connectivity index (χ4v) is 1.85. The highest BCUT2D eigenvalue weighted by atomic mass is 79.9. The average Bonchev–Trinajstić information content (AvgIpc) is 2.18. The molecule has 1 N–H and O–H groups in total. The van der Waals surface area contributed by atoms with E-state index >= 15 is 0 Å². The Kier molecular flexibility index (Phi) is 4.63. The summed E-state index contributed by atoms with van der Waals surface area (Å²) in [5.41, 5.74) is 6.60. The first kappa shape index (κ1) is 11.7. The molecule has 2 heteroatoms. The van der Waals surface area contributed by atoms with Crippen molar-refractivity contribution in [1.29, 1.82) is 0 Å². The number of benzene rings is 1. The third-order valence-electron chi connectivity index (χ3n) is 2.84. The number of alkyl halides is 1. The molecule has 0 aliphatic heterocycles. The fraction of sp³-hybridized carbons (Fsp3) is 0.500. The van der Waals surface area contributed by atoms with Crippen LogP contribution in [0.25, 0.3) is 0 Å². The molecule has 1 nitrogen and oxygen atoms in total. The number of aryl methyl sites for hydroxylation is 1. The van der Waals surface area contributed by atoms with E-state index in [4.69, 9.17) is 0 Å². The third-order valence-corrected chi connectivity index (χ3v) is 3.23. The van der Waals surface area contributed by atoms with Gasteiger partial charge in [0.25, 0.3) is 0 Å². The van der Waals surface area contributed by atoms with Gasteiger partial charge in [-0.3, -0.25) is 0 Å². The maximum absolute atomic E-state index is 3.36. The van der Waals surface area contributed by atoms with Crippen molar-refractivity contribution in [1.82, 2.24) is 5.32 Å². The molecule has 0 spiro atoms. The van der Waals surface area contributed by atoms with Crippen molar-refractivity contribution in [3.8, 4) is 0 Å². The summed E-state index contributed by atoms with van der Waals surface area (Å²) >= 11 is 3.36. The Bertz CT molecular complexity index is 307. The van der Waals surface area contributed by atoms with Crippen LogP contribution in [-0.4, -0.2) is 12.0 Å². The van der Waals surface area contributed by atoms with Gasteiger partial charge in [0, 0.05) is 0 Å². The summed E-state index contributed by atoms with van der Waals surface area (Å²) in [6.45, 7) is 7.62. The van der Waals surface area contributed by atoms with Crippen molar-refractivity contribution in [2.75, 3.05) is 12.0 Å². The molecule has 0 aromatic heterocycles. The standard InChI is InChI=1S/C12H18BrN/c1-9-4-5-12(6-7-14-8-13)11(3)10(9)2/h4-5,14H,6-8H2,1-3H3. The van der Waals surface area contributed by atoms with E-state index in [9.17, 15) is 0 Å². The molecule has 0 heterocycles. The molecule has 0 saturated heterocycles. The van der Waals surface area contributed by atoms with E-state index in [2.05, 4.69) is 54.2 Å². The normalized spacial score (nSPS) is 10.6. The zero-order valence-corrected chi connectivity index (χ0v) is 10.7. The largest absolute Gasteiger partial charge is 0.307 e. The van der Waals surface area contributed by atoms with Gasteiger partial charge in [-0.05, 0) is 56.0 Å². The lowest BCUT2D eigenvalue weighted by molar-refractivity contribution is 0.775. The van der Waals surface area contributed by atoms with Crippen LogP contribution < -0.4 is 5.32 Å². The molecule has 0 aliphatic rings. The quantitative estimate of drug-likeness (QED) is 0.496. The minimum Gasteiger partial charge on any atom is -0.307 e. The molecule has 78 valence electrons. The number of hydrogen-bond acceptors (Lipinski definition) is 1. The van der Waals surface area contributed by atoms with Crippen molar-refractivity contribution in [3.05, 3.63) is 34.4 Å². The molecule has 0 bridgehead atoms. The Morgan fingerprint density at radius 3 is 2.50 bits per heavy atom. The summed E-state index contributed by atoms with van der Waals surface area (Å²) in [5.74, 6) is 0. The van der Waals surface area contributed by atoms with E-state index < -0.39 is 0 Å². The van der Waals surface area contributed by atoms with Gasteiger partial charge in [-0.15, -0.1) is 0 Å². The predicted molar refractivity (Wildman–Crippen MR) is 66.2 cm³/mol. The van der Waals surface area contributed by atoms with E-state index in [-0.39, 0.29) is 0 Å². The summed E-state index contributed by atoms with van der Waals surface area (Å²) in [6, 6.07) is 4.46. The van der Waals surface area contributed by atoms with Gasteiger partial charge in [0.05, 0.1) is 5.45 Å². The predicted octanol–water partition coefficient (Wildman–Crippen LogP) is 3.10. The monoisotopic (exact) mass is 255 g/mol. The first-order valence-electron chi connectivity index (χ1n) is 4.99. The smallest absolute Gasteiger partial charge is 0.0517 e. The molecular formula is C12H18BrN. The van der Waals surface area contributed by atoms with Crippen LogP contribution in [0, 0.1) is 20.8 Å². The van der Waals surface area contributed by atoms with Crippen molar-refractivity contribution in [2.24, 2.45) is 0 Å². The van der Waals surface area contributed by atoms with Gasteiger partial charge in [-0.25, -0.2) is 0 Å². The minimum atomic E-state index is 0.872.